The average Bonchev–Trinajstić information content (AvgIpc) is 2.83. The Bertz CT molecular complexity index is 359. The van der Waals surface area contributed by atoms with Gasteiger partial charge in [0.05, 0.1) is 18.2 Å². The summed E-state index contributed by atoms with van der Waals surface area (Å²) in [5, 5.41) is 3.60. The van der Waals surface area contributed by atoms with Crippen molar-refractivity contribution in [2.45, 2.75) is 31.4 Å². The fourth-order valence-corrected chi connectivity index (χ4v) is 2.42. The third-order valence-electron chi connectivity index (χ3n) is 3.61. The third kappa shape index (κ3) is 1.99. The van der Waals surface area contributed by atoms with Crippen molar-refractivity contribution < 1.29 is 4.74 Å². The molecule has 1 N–H and O–H groups in total. The summed E-state index contributed by atoms with van der Waals surface area (Å²) in [6.07, 6.45) is 7.88. The first-order chi connectivity index (χ1) is 7.84. The molecule has 4 heteroatoms. The molecule has 2 unspecified atom stereocenters. The van der Waals surface area contributed by atoms with Crippen LogP contribution in [0.2, 0.25) is 0 Å². The van der Waals surface area contributed by atoms with Gasteiger partial charge in [0.15, 0.2) is 0 Å². The van der Waals surface area contributed by atoms with Crippen LogP contribution in [0.4, 0.5) is 0 Å². The highest BCUT2D eigenvalue weighted by molar-refractivity contribution is 5.06. The second-order valence-corrected chi connectivity index (χ2v) is 4.95. The van der Waals surface area contributed by atoms with Crippen molar-refractivity contribution >= 4 is 0 Å². The van der Waals surface area contributed by atoms with Crippen LogP contribution in [0.3, 0.4) is 0 Å². The molecule has 4 nitrogen and oxygen atoms in total. The number of nitrogens with one attached hydrogen (secondary N) is 1. The highest BCUT2D eigenvalue weighted by Gasteiger charge is 2.32. The van der Waals surface area contributed by atoms with E-state index in [1.807, 2.05) is 19.6 Å². The van der Waals surface area contributed by atoms with Gasteiger partial charge >= 0.3 is 0 Å². The fraction of sp³-hybridized carbons (Fsp3) is 0.750. The van der Waals surface area contributed by atoms with Gasteiger partial charge in [-0.3, -0.25) is 0 Å². The van der Waals surface area contributed by atoms with Gasteiger partial charge in [-0.2, -0.15) is 0 Å². The molecular weight excluding hydrogens is 202 g/mol. The minimum absolute atomic E-state index is 0.235. The molecule has 1 saturated heterocycles. The molecule has 2 atom stereocenters. The molecular formula is C12H19N3O. The Morgan fingerprint density at radius 3 is 3.06 bits per heavy atom. The van der Waals surface area contributed by atoms with E-state index in [1.165, 1.54) is 18.5 Å². The lowest BCUT2D eigenvalue weighted by Gasteiger charge is -2.19. The zero-order chi connectivity index (χ0) is 11.0. The van der Waals surface area contributed by atoms with Crippen LogP contribution in [-0.4, -0.2) is 28.7 Å². The Kier molecular flexibility index (Phi) is 2.69. The predicted molar refractivity (Wildman–Crippen MR) is 61.0 cm³/mol. The standard InChI is InChI=1S/C12H19N3O/c1-15-8-13-7-11(15)12-9(4-5-16-12)6-14-10-2-3-10/h7-10,12,14H,2-6H2,1H3. The van der Waals surface area contributed by atoms with E-state index in [2.05, 4.69) is 14.9 Å². The molecule has 1 aromatic rings. The summed E-state index contributed by atoms with van der Waals surface area (Å²) in [5.74, 6) is 0.607. The SMILES string of the molecule is Cn1cncc1C1OCCC1CNC1CC1. The molecule has 0 radical (unpaired) electrons. The second-order valence-electron chi connectivity index (χ2n) is 4.95. The first-order valence-corrected chi connectivity index (χ1v) is 6.16. The molecule has 0 spiro atoms. The zero-order valence-corrected chi connectivity index (χ0v) is 9.72. The van der Waals surface area contributed by atoms with Gasteiger partial charge in [-0.25, -0.2) is 4.98 Å². The van der Waals surface area contributed by atoms with Crippen molar-refractivity contribution in [3.05, 3.63) is 18.2 Å². The quantitative estimate of drug-likeness (QED) is 0.831. The highest BCUT2D eigenvalue weighted by Crippen LogP contribution is 2.34. The smallest absolute Gasteiger partial charge is 0.103 e. The van der Waals surface area contributed by atoms with E-state index in [9.17, 15) is 0 Å². The Balaban J connectivity index is 1.66. The first-order valence-electron chi connectivity index (χ1n) is 6.16. The minimum atomic E-state index is 0.235. The molecule has 3 rings (SSSR count). The predicted octanol–water partition coefficient (Wildman–Crippen LogP) is 1.25. The maximum absolute atomic E-state index is 5.84. The molecule has 2 aliphatic rings. The van der Waals surface area contributed by atoms with Crippen molar-refractivity contribution in [3.8, 4) is 0 Å². The van der Waals surface area contributed by atoms with Gasteiger partial charge < -0.3 is 14.6 Å². The first kappa shape index (κ1) is 10.3. The van der Waals surface area contributed by atoms with Crippen molar-refractivity contribution in [2.24, 2.45) is 13.0 Å². The molecule has 2 heterocycles. The van der Waals surface area contributed by atoms with Gasteiger partial charge in [0.1, 0.15) is 6.10 Å². The van der Waals surface area contributed by atoms with E-state index in [4.69, 9.17) is 4.74 Å². The Morgan fingerprint density at radius 1 is 1.50 bits per heavy atom. The number of hydrogen-bond acceptors (Lipinski definition) is 3. The van der Waals surface area contributed by atoms with Crippen LogP contribution in [0.1, 0.15) is 31.1 Å². The summed E-state index contributed by atoms with van der Waals surface area (Å²) in [7, 11) is 2.04. The van der Waals surface area contributed by atoms with E-state index in [1.54, 1.807) is 0 Å². The fourth-order valence-electron chi connectivity index (χ4n) is 2.42. The number of ether oxygens (including phenoxy) is 1. The molecule has 1 aromatic heterocycles. The van der Waals surface area contributed by atoms with Crippen LogP contribution in [0.15, 0.2) is 12.5 Å². The molecule has 0 amide bonds. The minimum Gasteiger partial charge on any atom is -0.372 e. The Hall–Kier alpha value is -0.870. The maximum Gasteiger partial charge on any atom is 0.103 e. The van der Waals surface area contributed by atoms with Gasteiger partial charge in [-0.15, -0.1) is 0 Å². The summed E-state index contributed by atoms with van der Waals surface area (Å²) in [6, 6.07) is 0.785. The number of imidazole rings is 1. The maximum atomic E-state index is 5.84. The monoisotopic (exact) mass is 221 g/mol. The molecule has 1 aliphatic heterocycles. The van der Waals surface area contributed by atoms with E-state index in [0.29, 0.717) is 5.92 Å². The summed E-state index contributed by atoms with van der Waals surface area (Å²) in [5.41, 5.74) is 1.21. The van der Waals surface area contributed by atoms with E-state index in [-0.39, 0.29) is 6.10 Å². The summed E-state index contributed by atoms with van der Waals surface area (Å²) >= 11 is 0. The van der Waals surface area contributed by atoms with Crippen LogP contribution < -0.4 is 5.32 Å². The highest BCUT2D eigenvalue weighted by atomic mass is 16.5. The van der Waals surface area contributed by atoms with E-state index in [0.717, 1.165) is 25.6 Å². The van der Waals surface area contributed by atoms with Gasteiger partial charge in [0.2, 0.25) is 0 Å². The Morgan fingerprint density at radius 2 is 2.38 bits per heavy atom. The molecule has 1 aliphatic carbocycles. The number of nitrogens with zero attached hydrogens (tertiary/aromatic N) is 2. The van der Waals surface area contributed by atoms with Crippen LogP contribution in [-0.2, 0) is 11.8 Å². The lowest BCUT2D eigenvalue weighted by molar-refractivity contribution is 0.0847. The topological polar surface area (TPSA) is 39.1 Å². The van der Waals surface area contributed by atoms with Gasteiger partial charge in [0.25, 0.3) is 0 Å². The Labute approximate surface area is 96.0 Å². The largest absolute Gasteiger partial charge is 0.372 e. The van der Waals surface area contributed by atoms with Crippen LogP contribution in [0.25, 0.3) is 0 Å². The summed E-state index contributed by atoms with van der Waals surface area (Å²) in [6.45, 7) is 1.97. The van der Waals surface area contributed by atoms with Gasteiger partial charge in [-0.05, 0) is 19.3 Å². The molecule has 0 aromatic carbocycles. The van der Waals surface area contributed by atoms with E-state index >= 15 is 0 Å². The van der Waals surface area contributed by atoms with Crippen molar-refractivity contribution in [1.82, 2.24) is 14.9 Å². The number of aryl methyl sites for hydroxylation is 1. The third-order valence-corrected chi connectivity index (χ3v) is 3.61. The van der Waals surface area contributed by atoms with Gasteiger partial charge in [-0.1, -0.05) is 0 Å². The van der Waals surface area contributed by atoms with Crippen LogP contribution >= 0.6 is 0 Å². The van der Waals surface area contributed by atoms with E-state index < -0.39 is 0 Å². The van der Waals surface area contributed by atoms with Crippen molar-refractivity contribution in [1.29, 1.82) is 0 Å². The molecule has 2 fully saturated rings. The second kappa shape index (κ2) is 4.18. The van der Waals surface area contributed by atoms with Crippen LogP contribution in [0.5, 0.6) is 0 Å². The van der Waals surface area contributed by atoms with Crippen molar-refractivity contribution in [3.63, 3.8) is 0 Å². The van der Waals surface area contributed by atoms with Crippen LogP contribution in [0, 0.1) is 5.92 Å². The summed E-state index contributed by atoms with van der Waals surface area (Å²) < 4.78 is 7.91. The lowest BCUT2D eigenvalue weighted by Crippen LogP contribution is -2.27. The normalized spacial score (nSPS) is 29.8. The van der Waals surface area contributed by atoms with Crippen molar-refractivity contribution in [2.75, 3.05) is 13.2 Å². The molecule has 1 saturated carbocycles. The number of hydrogen-bond donors (Lipinski definition) is 1. The number of rotatable bonds is 4. The van der Waals surface area contributed by atoms with Gasteiger partial charge in [0, 0.05) is 32.2 Å². The zero-order valence-electron chi connectivity index (χ0n) is 9.72. The average molecular weight is 221 g/mol. The summed E-state index contributed by atoms with van der Waals surface area (Å²) in [4.78, 5) is 4.17. The lowest BCUT2D eigenvalue weighted by atomic mass is 9.99. The molecule has 0 bridgehead atoms. The number of aromatic nitrogens is 2. The molecule has 88 valence electrons. The molecule has 16 heavy (non-hydrogen) atoms.